The van der Waals surface area contributed by atoms with Gasteiger partial charge in [-0.05, 0) is 25.6 Å². The van der Waals surface area contributed by atoms with E-state index in [1.165, 1.54) is 0 Å². The van der Waals surface area contributed by atoms with E-state index >= 15 is 0 Å². The van der Waals surface area contributed by atoms with Gasteiger partial charge in [-0.15, -0.1) is 0 Å². The van der Waals surface area contributed by atoms with Crippen LogP contribution in [-0.2, 0) is 4.74 Å². The number of nitrogens with zero attached hydrogens (tertiary/aromatic N) is 1. The van der Waals surface area contributed by atoms with Gasteiger partial charge in [0, 0.05) is 36.2 Å². The van der Waals surface area contributed by atoms with Crippen molar-refractivity contribution in [3.63, 3.8) is 0 Å². The molecule has 1 aromatic rings. The summed E-state index contributed by atoms with van der Waals surface area (Å²) < 4.78 is 6.29. The molecule has 1 aromatic carbocycles. The van der Waals surface area contributed by atoms with Crippen molar-refractivity contribution in [2.75, 3.05) is 32.8 Å². The fraction of sp³-hybridized carbons (Fsp3) is 0.533. The van der Waals surface area contributed by atoms with Gasteiger partial charge in [0.2, 0.25) is 0 Å². The number of hydrogen-bond donors (Lipinski definition) is 0. The first-order valence-corrected chi connectivity index (χ1v) is 7.55. The molecular weight excluding hydrogens is 306 g/mol. The molecule has 0 heterocycles. The van der Waals surface area contributed by atoms with E-state index in [1.807, 2.05) is 31.2 Å². The van der Waals surface area contributed by atoms with Crippen molar-refractivity contribution in [1.29, 1.82) is 0 Å². The topological polar surface area (TPSA) is 29.5 Å². The molecule has 0 saturated carbocycles. The summed E-state index contributed by atoms with van der Waals surface area (Å²) in [5.41, 5.74) is 0.773. The largest absolute Gasteiger partial charge is 0.380 e. The molecule has 106 valence electrons. The first kappa shape index (κ1) is 16.3. The molecule has 0 aromatic heterocycles. The van der Waals surface area contributed by atoms with E-state index in [-0.39, 0.29) is 5.78 Å². The summed E-state index contributed by atoms with van der Waals surface area (Å²) >= 11 is 3.39. The Balaban J connectivity index is 2.39. The number of halogens is 1. The lowest BCUT2D eigenvalue weighted by Crippen LogP contribution is -2.29. The quantitative estimate of drug-likeness (QED) is 0.514. The number of benzene rings is 1. The van der Waals surface area contributed by atoms with E-state index in [1.54, 1.807) is 0 Å². The van der Waals surface area contributed by atoms with Crippen molar-refractivity contribution >= 4 is 21.7 Å². The Kier molecular flexibility index (Phi) is 7.94. The minimum atomic E-state index is 0.191. The van der Waals surface area contributed by atoms with Crippen molar-refractivity contribution in [2.24, 2.45) is 0 Å². The second-order valence-electron chi connectivity index (χ2n) is 4.31. The zero-order valence-corrected chi connectivity index (χ0v) is 13.3. The zero-order valence-electron chi connectivity index (χ0n) is 11.7. The van der Waals surface area contributed by atoms with Crippen LogP contribution in [0.4, 0.5) is 0 Å². The Morgan fingerprint density at radius 3 is 2.74 bits per heavy atom. The Hall–Kier alpha value is -0.710. The van der Waals surface area contributed by atoms with Gasteiger partial charge in [-0.3, -0.25) is 4.79 Å². The number of ketones is 1. The van der Waals surface area contributed by atoms with Gasteiger partial charge in [0.05, 0.1) is 6.61 Å². The van der Waals surface area contributed by atoms with Gasteiger partial charge in [0.15, 0.2) is 5.78 Å². The lowest BCUT2D eigenvalue weighted by Gasteiger charge is -2.19. The van der Waals surface area contributed by atoms with Gasteiger partial charge in [-0.25, -0.2) is 0 Å². The monoisotopic (exact) mass is 327 g/mol. The van der Waals surface area contributed by atoms with Crippen molar-refractivity contribution in [2.45, 2.75) is 20.3 Å². The molecule has 0 fully saturated rings. The summed E-state index contributed by atoms with van der Waals surface area (Å²) in [5.74, 6) is 0.191. The van der Waals surface area contributed by atoms with Crippen molar-refractivity contribution in [3.8, 4) is 0 Å². The van der Waals surface area contributed by atoms with Crippen molar-refractivity contribution in [1.82, 2.24) is 4.90 Å². The maximum absolute atomic E-state index is 12.1. The highest BCUT2D eigenvalue weighted by atomic mass is 79.9. The SMILES string of the molecule is CCOCCN(CC)CCC(=O)c1cccc(Br)c1. The molecule has 0 aliphatic rings. The predicted octanol–water partition coefficient (Wildman–Crippen LogP) is 3.38. The lowest BCUT2D eigenvalue weighted by molar-refractivity contribution is 0.0930. The second kappa shape index (κ2) is 9.23. The van der Waals surface area contributed by atoms with E-state index in [9.17, 15) is 4.79 Å². The Morgan fingerprint density at radius 1 is 1.32 bits per heavy atom. The molecule has 19 heavy (non-hydrogen) atoms. The molecule has 0 amide bonds. The molecule has 0 N–H and O–H groups in total. The number of carbonyl (C=O) groups is 1. The molecule has 0 atom stereocenters. The Labute approximate surface area is 124 Å². The Morgan fingerprint density at radius 2 is 2.11 bits per heavy atom. The van der Waals surface area contributed by atoms with Gasteiger partial charge >= 0.3 is 0 Å². The van der Waals surface area contributed by atoms with E-state index in [4.69, 9.17) is 4.74 Å². The Bertz CT molecular complexity index is 395. The standard InChI is InChI=1S/C15H22BrNO2/c1-3-17(10-11-19-4-2)9-8-15(18)13-6-5-7-14(16)12-13/h5-7,12H,3-4,8-11H2,1-2H3. The first-order valence-electron chi connectivity index (χ1n) is 6.76. The summed E-state index contributed by atoms with van der Waals surface area (Å²) in [4.78, 5) is 14.3. The van der Waals surface area contributed by atoms with Crippen molar-refractivity contribution < 1.29 is 9.53 Å². The van der Waals surface area contributed by atoms with Crippen LogP contribution in [0.5, 0.6) is 0 Å². The number of ether oxygens (including phenoxy) is 1. The number of rotatable bonds is 9. The van der Waals surface area contributed by atoms with E-state index in [0.29, 0.717) is 6.42 Å². The van der Waals surface area contributed by atoms with Gasteiger partial charge in [0.1, 0.15) is 0 Å². The van der Waals surface area contributed by atoms with Crippen LogP contribution in [0.1, 0.15) is 30.6 Å². The summed E-state index contributed by atoms with van der Waals surface area (Å²) in [7, 11) is 0. The molecular formula is C15H22BrNO2. The average molecular weight is 328 g/mol. The molecule has 1 rings (SSSR count). The van der Waals surface area contributed by atoms with Gasteiger partial charge in [-0.1, -0.05) is 35.0 Å². The second-order valence-corrected chi connectivity index (χ2v) is 5.23. The maximum Gasteiger partial charge on any atom is 0.164 e. The lowest BCUT2D eigenvalue weighted by atomic mass is 10.1. The summed E-state index contributed by atoms with van der Waals surface area (Å²) in [6.45, 7) is 8.19. The third-order valence-electron chi connectivity index (χ3n) is 3.00. The molecule has 0 spiro atoms. The number of hydrogen-bond acceptors (Lipinski definition) is 3. The zero-order chi connectivity index (χ0) is 14.1. The average Bonchev–Trinajstić information content (AvgIpc) is 2.42. The van der Waals surface area contributed by atoms with E-state index in [2.05, 4.69) is 27.8 Å². The van der Waals surface area contributed by atoms with Crippen LogP contribution in [0, 0.1) is 0 Å². The van der Waals surface area contributed by atoms with Crippen LogP contribution in [-0.4, -0.2) is 43.5 Å². The van der Waals surface area contributed by atoms with Crippen LogP contribution >= 0.6 is 15.9 Å². The highest BCUT2D eigenvalue weighted by Crippen LogP contribution is 2.13. The number of likely N-dealkylation sites (N-methyl/N-ethyl adjacent to an activating group) is 1. The number of Topliss-reactive ketones (excluding diaryl/α,β-unsaturated/α-hetero) is 1. The predicted molar refractivity (Wildman–Crippen MR) is 81.7 cm³/mol. The van der Waals surface area contributed by atoms with E-state index < -0.39 is 0 Å². The highest BCUT2D eigenvalue weighted by Gasteiger charge is 2.09. The molecule has 0 aliphatic heterocycles. The van der Waals surface area contributed by atoms with Gasteiger partial charge < -0.3 is 9.64 Å². The molecule has 0 saturated heterocycles. The third-order valence-corrected chi connectivity index (χ3v) is 3.50. The van der Waals surface area contributed by atoms with Crippen LogP contribution < -0.4 is 0 Å². The first-order chi connectivity index (χ1) is 9.17. The molecule has 0 bridgehead atoms. The van der Waals surface area contributed by atoms with Crippen LogP contribution in [0.15, 0.2) is 28.7 Å². The highest BCUT2D eigenvalue weighted by molar-refractivity contribution is 9.10. The summed E-state index contributed by atoms with van der Waals surface area (Å²) in [6, 6.07) is 7.56. The maximum atomic E-state index is 12.1. The van der Waals surface area contributed by atoms with Crippen LogP contribution in [0.25, 0.3) is 0 Å². The van der Waals surface area contributed by atoms with E-state index in [0.717, 1.165) is 42.9 Å². The smallest absolute Gasteiger partial charge is 0.164 e. The fourth-order valence-electron chi connectivity index (χ4n) is 1.83. The van der Waals surface area contributed by atoms with Crippen molar-refractivity contribution in [3.05, 3.63) is 34.3 Å². The molecule has 0 radical (unpaired) electrons. The normalized spacial score (nSPS) is 10.9. The minimum Gasteiger partial charge on any atom is -0.380 e. The third kappa shape index (κ3) is 6.32. The number of carbonyl (C=O) groups excluding carboxylic acids is 1. The summed E-state index contributed by atoms with van der Waals surface area (Å²) in [5, 5.41) is 0. The summed E-state index contributed by atoms with van der Waals surface area (Å²) in [6.07, 6.45) is 0.552. The van der Waals surface area contributed by atoms with Gasteiger partial charge in [0.25, 0.3) is 0 Å². The molecule has 3 nitrogen and oxygen atoms in total. The van der Waals surface area contributed by atoms with Crippen LogP contribution in [0.3, 0.4) is 0 Å². The molecule has 4 heteroatoms. The molecule has 0 aliphatic carbocycles. The van der Waals surface area contributed by atoms with Gasteiger partial charge in [-0.2, -0.15) is 0 Å². The minimum absolute atomic E-state index is 0.191. The molecule has 0 unspecified atom stereocenters. The van der Waals surface area contributed by atoms with Crippen LogP contribution in [0.2, 0.25) is 0 Å². The fourth-order valence-corrected chi connectivity index (χ4v) is 2.23.